The van der Waals surface area contributed by atoms with Crippen LogP contribution in [0.5, 0.6) is 0 Å². The summed E-state index contributed by atoms with van der Waals surface area (Å²) in [4.78, 5) is 17.5. The van der Waals surface area contributed by atoms with E-state index >= 15 is 0 Å². The molecule has 0 saturated heterocycles. The number of nitrogens with zero attached hydrogens (tertiary/aromatic N) is 1. The molecule has 1 aromatic carbocycles. The van der Waals surface area contributed by atoms with Gasteiger partial charge in [0.2, 0.25) is 0 Å². The first-order chi connectivity index (χ1) is 8.97. The maximum atomic E-state index is 12.1. The van der Waals surface area contributed by atoms with Crippen LogP contribution in [-0.4, -0.2) is 10.9 Å². The molecular formula is C15H18N2OS. The van der Waals surface area contributed by atoms with Gasteiger partial charge in [-0.2, -0.15) is 0 Å². The molecule has 2 aromatic rings. The first kappa shape index (κ1) is 13.7. The number of aromatic nitrogens is 1. The van der Waals surface area contributed by atoms with Crippen molar-refractivity contribution >= 4 is 17.2 Å². The van der Waals surface area contributed by atoms with E-state index in [1.54, 1.807) is 11.3 Å². The van der Waals surface area contributed by atoms with E-state index in [0.717, 1.165) is 21.1 Å². The number of aryl methyl sites for hydroxylation is 4. The van der Waals surface area contributed by atoms with Crippen LogP contribution in [0.1, 0.15) is 37.1 Å². The van der Waals surface area contributed by atoms with E-state index in [1.165, 1.54) is 5.56 Å². The van der Waals surface area contributed by atoms with Gasteiger partial charge in [-0.3, -0.25) is 4.79 Å². The lowest BCUT2D eigenvalue weighted by molar-refractivity contribution is 0.0951. The third-order valence-electron chi connectivity index (χ3n) is 3.18. The Morgan fingerprint density at radius 3 is 2.53 bits per heavy atom. The topological polar surface area (TPSA) is 42.0 Å². The van der Waals surface area contributed by atoms with E-state index in [9.17, 15) is 4.79 Å². The summed E-state index contributed by atoms with van der Waals surface area (Å²) < 4.78 is 0. The quantitative estimate of drug-likeness (QED) is 0.933. The second-order valence-electron chi connectivity index (χ2n) is 4.72. The van der Waals surface area contributed by atoms with Crippen LogP contribution >= 0.6 is 11.3 Å². The Kier molecular flexibility index (Phi) is 4.00. The smallest absolute Gasteiger partial charge is 0.251 e. The maximum Gasteiger partial charge on any atom is 0.251 e. The molecule has 0 aliphatic rings. The van der Waals surface area contributed by atoms with Crippen molar-refractivity contribution in [2.45, 2.75) is 34.2 Å². The standard InChI is InChI=1S/C15H18N2OS/c1-9-5-6-13(7-10(9)2)15(18)16-8-14-11(3)17-12(4)19-14/h5-7H,8H2,1-4H3,(H,16,18). The number of amides is 1. The van der Waals surface area contributed by atoms with Gasteiger partial charge in [-0.05, 0) is 51.0 Å². The molecule has 0 spiro atoms. The second-order valence-corrected chi connectivity index (χ2v) is 6.01. The molecule has 0 bridgehead atoms. The number of benzene rings is 1. The average Bonchev–Trinajstić information content (AvgIpc) is 2.68. The van der Waals surface area contributed by atoms with Crippen molar-refractivity contribution in [2.24, 2.45) is 0 Å². The van der Waals surface area contributed by atoms with Gasteiger partial charge in [0.1, 0.15) is 0 Å². The highest BCUT2D eigenvalue weighted by atomic mass is 32.1. The van der Waals surface area contributed by atoms with Crippen LogP contribution in [0.25, 0.3) is 0 Å². The van der Waals surface area contributed by atoms with Crippen LogP contribution < -0.4 is 5.32 Å². The van der Waals surface area contributed by atoms with Gasteiger partial charge in [0.15, 0.2) is 0 Å². The van der Waals surface area contributed by atoms with Crippen molar-refractivity contribution in [1.82, 2.24) is 10.3 Å². The van der Waals surface area contributed by atoms with Crippen LogP contribution in [0, 0.1) is 27.7 Å². The first-order valence-electron chi connectivity index (χ1n) is 6.25. The molecular weight excluding hydrogens is 256 g/mol. The molecule has 0 fully saturated rings. The molecule has 0 aliphatic heterocycles. The molecule has 0 unspecified atom stereocenters. The molecule has 19 heavy (non-hydrogen) atoms. The van der Waals surface area contributed by atoms with E-state index in [-0.39, 0.29) is 5.91 Å². The molecule has 2 rings (SSSR count). The van der Waals surface area contributed by atoms with Crippen LogP contribution in [0.4, 0.5) is 0 Å². The summed E-state index contributed by atoms with van der Waals surface area (Å²) in [5.74, 6) is -0.0337. The van der Waals surface area contributed by atoms with Gasteiger partial charge in [0, 0.05) is 10.4 Å². The Hall–Kier alpha value is -1.68. The molecule has 1 N–H and O–H groups in total. The number of rotatable bonds is 3. The zero-order valence-electron chi connectivity index (χ0n) is 11.7. The summed E-state index contributed by atoms with van der Waals surface area (Å²) in [6.45, 7) is 8.56. The number of hydrogen-bond donors (Lipinski definition) is 1. The molecule has 0 saturated carbocycles. The van der Waals surface area contributed by atoms with Crippen molar-refractivity contribution < 1.29 is 4.79 Å². The number of carbonyl (C=O) groups excluding carboxylic acids is 1. The third-order valence-corrected chi connectivity index (χ3v) is 4.25. The highest BCUT2D eigenvalue weighted by Crippen LogP contribution is 2.17. The fraction of sp³-hybridized carbons (Fsp3) is 0.333. The molecule has 0 atom stereocenters. The summed E-state index contributed by atoms with van der Waals surface area (Å²) in [6.07, 6.45) is 0. The Morgan fingerprint density at radius 2 is 1.95 bits per heavy atom. The fourth-order valence-electron chi connectivity index (χ4n) is 1.88. The maximum absolute atomic E-state index is 12.1. The third kappa shape index (κ3) is 3.20. The predicted octanol–water partition coefficient (Wildman–Crippen LogP) is 3.31. The summed E-state index contributed by atoms with van der Waals surface area (Å²) in [6, 6.07) is 5.77. The normalized spacial score (nSPS) is 10.5. The summed E-state index contributed by atoms with van der Waals surface area (Å²) in [5, 5.41) is 3.98. The minimum absolute atomic E-state index is 0.0337. The summed E-state index contributed by atoms with van der Waals surface area (Å²) >= 11 is 1.63. The predicted molar refractivity (Wildman–Crippen MR) is 78.7 cm³/mol. The second kappa shape index (κ2) is 5.53. The Bertz CT molecular complexity index is 617. The van der Waals surface area contributed by atoms with Gasteiger partial charge in [-0.1, -0.05) is 6.07 Å². The minimum Gasteiger partial charge on any atom is -0.347 e. The molecule has 3 nitrogen and oxygen atoms in total. The average molecular weight is 274 g/mol. The van der Waals surface area contributed by atoms with Gasteiger partial charge in [-0.25, -0.2) is 4.98 Å². The van der Waals surface area contributed by atoms with Crippen LogP contribution in [0.3, 0.4) is 0 Å². The van der Waals surface area contributed by atoms with Gasteiger partial charge in [0.05, 0.1) is 17.2 Å². The number of carbonyl (C=O) groups is 1. The zero-order chi connectivity index (χ0) is 14.0. The molecule has 1 heterocycles. The van der Waals surface area contributed by atoms with Crippen molar-refractivity contribution in [3.05, 3.63) is 50.5 Å². The molecule has 1 amide bonds. The number of thiazole rings is 1. The molecule has 100 valence electrons. The van der Waals surface area contributed by atoms with E-state index in [1.807, 2.05) is 45.9 Å². The number of nitrogens with one attached hydrogen (secondary N) is 1. The van der Waals surface area contributed by atoms with E-state index in [0.29, 0.717) is 12.1 Å². The van der Waals surface area contributed by atoms with Crippen LogP contribution in [0.2, 0.25) is 0 Å². The molecule has 0 aliphatic carbocycles. The monoisotopic (exact) mass is 274 g/mol. The van der Waals surface area contributed by atoms with Gasteiger partial charge in [-0.15, -0.1) is 11.3 Å². The van der Waals surface area contributed by atoms with Gasteiger partial charge < -0.3 is 5.32 Å². The van der Waals surface area contributed by atoms with Crippen LogP contribution in [0.15, 0.2) is 18.2 Å². The largest absolute Gasteiger partial charge is 0.347 e. The Labute approximate surface area is 117 Å². The van der Waals surface area contributed by atoms with E-state index < -0.39 is 0 Å². The summed E-state index contributed by atoms with van der Waals surface area (Å²) in [5.41, 5.74) is 4.05. The SMILES string of the molecule is Cc1nc(C)c(CNC(=O)c2ccc(C)c(C)c2)s1. The van der Waals surface area contributed by atoms with Crippen molar-refractivity contribution in [3.8, 4) is 0 Å². The zero-order valence-corrected chi connectivity index (χ0v) is 12.5. The van der Waals surface area contributed by atoms with Crippen molar-refractivity contribution in [1.29, 1.82) is 0 Å². The first-order valence-corrected chi connectivity index (χ1v) is 7.07. The van der Waals surface area contributed by atoms with Crippen molar-refractivity contribution in [3.63, 3.8) is 0 Å². The highest BCUT2D eigenvalue weighted by molar-refractivity contribution is 7.11. The molecule has 0 radical (unpaired) electrons. The minimum atomic E-state index is -0.0337. The highest BCUT2D eigenvalue weighted by Gasteiger charge is 2.09. The van der Waals surface area contributed by atoms with Crippen LogP contribution in [-0.2, 0) is 6.54 Å². The molecule has 4 heteroatoms. The van der Waals surface area contributed by atoms with E-state index in [4.69, 9.17) is 0 Å². The lowest BCUT2D eigenvalue weighted by atomic mass is 10.1. The Morgan fingerprint density at radius 1 is 1.21 bits per heavy atom. The van der Waals surface area contributed by atoms with Gasteiger partial charge in [0.25, 0.3) is 5.91 Å². The Balaban J connectivity index is 2.05. The number of hydrogen-bond acceptors (Lipinski definition) is 3. The molecule has 1 aromatic heterocycles. The lowest BCUT2D eigenvalue weighted by Crippen LogP contribution is -2.22. The van der Waals surface area contributed by atoms with Crippen molar-refractivity contribution in [2.75, 3.05) is 0 Å². The fourth-order valence-corrected chi connectivity index (χ4v) is 2.76. The lowest BCUT2D eigenvalue weighted by Gasteiger charge is -2.06. The van der Waals surface area contributed by atoms with E-state index in [2.05, 4.69) is 10.3 Å². The summed E-state index contributed by atoms with van der Waals surface area (Å²) in [7, 11) is 0. The van der Waals surface area contributed by atoms with Gasteiger partial charge >= 0.3 is 0 Å².